The van der Waals surface area contributed by atoms with Crippen LogP contribution in [0.4, 0.5) is 0 Å². The zero-order valence-corrected chi connectivity index (χ0v) is 16.7. The second-order valence-electron chi connectivity index (χ2n) is 8.80. The molecule has 4 heterocycles. The van der Waals surface area contributed by atoms with Crippen molar-refractivity contribution in [3.63, 3.8) is 0 Å². The Balaban J connectivity index is 1.32. The fourth-order valence-corrected chi connectivity index (χ4v) is 5.20. The van der Waals surface area contributed by atoms with Gasteiger partial charge in [0.2, 0.25) is 5.91 Å². The zero-order chi connectivity index (χ0) is 19.3. The van der Waals surface area contributed by atoms with Crippen molar-refractivity contribution in [2.45, 2.75) is 44.2 Å². The molecule has 0 aliphatic carbocycles. The largest absolute Gasteiger partial charge is 0.342 e. The van der Waals surface area contributed by atoms with Gasteiger partial charge in [-0.2, -0.15) is 0 Å². The Hall–Kier alpha value is -1.96. The number of nitrogens with one attached hydrogen (secondary N) is 3. The molecule has 1 aromatic carbocycles. The van der Waals surface area contributed by atoms with Crippen LogP contribution in [0.3, 0.4) is 0 Å². The molecule has 3 N–H and O–H groups in total. The number of piperidine rings is 2. The van der Waals surface area contributed by atoms with Crippen LogP contribution in [0.2, 0.25) is 0 Å². The van der Waals surface area contributed by atoms with Crippen LogP contribution in [0.5, 0.6) is 0 Å². The van der Waals surface area contributed by atoms with Crippen LogP contribution < -0.4 is 10.9 Å². The number of benzene rings is 1. The number of hydrazine groups is 1. The first-order valence-electron chi connectivity index (χ1n) is 10.5. The number of aromatic nitrogens is 2. The number of aryl methyl sites for hydroxylation is 1. The molecule has 0 radical (unpaired) electrons. The number of amides is 1. The highest BCUT2D eigenvalue weighted by molar-refractivity contribution is 5.83. The van der Waals surface area contributed by atoms with Crippen LogP contribution in [-0.4, -0.2) is 71.0 Å². The van der Waals surface area contributed by atoms with Crippen LogP contribution in [-0.2, 0) is 4.79 Å². The van der Waals surface area contributed by atoms with Gasteiger partial charge in [0.25, 0.3) is 0 Å². The molecule has 4 unspecified atom stereocenters. The van der Waals surface area contributed by atoms with Gasteiger partial charge in [-0.1, -0.05) is 12.1 Å². The number of H-pyrrole nitrogens is 1. The molecule has 1 amide bonds. The minimum Gasteiger partial charge on any atom is -0.342 e. The van der Waals surface area contributed by atoms with Crippen molar-refractivity contribution in [3.05, 3.63) is 29.6 Å². The second kappa shape index (κ2) is 7.13. The minimum absolute atomic E-state index is 0.121. The van der Waals surface area contributed by atoms with E-state index in [9.17, 15) is 4.79 Å². The second-order valence-corrected chi connectivity index (χ2v) is 8.80. The molecule has 7 heteroatoms. The summed E-state index contributed by atoms with van der Waals surface area (Å²) in [5.41, 5.74) is 10.0. The molecule has 3 saturated heterocycles. The van der Waals surface area contributed by atoms with E-state index in [-0.39, 0.29) is 17.9 Å². The van der Waals surface area contributed by atoms with E-state index in [4.69, 9.17) is 4.98 Å². The molecule has 1 aromatic heterocycles. The fraction of sp³-hybridized carbons (Fsp3) is 0.619. The van der Waals surface area contributed by atoms with Crippen molar-refractivity contribution in [3.8, 4) is 0 Å². The van der Waals surface area contributed by atoms with Gasteiger partial charge >= 0.3 is 0 Å². The topological polar surface area (TPSA) is 76.3 Å². The lowest BCUT2D eigenvalue weighted by Gasteiger charge is -2.37. The Labute approximate surface area is 165 Å². The van der Waals surface area contributed by atoms with E-state index >= 15 is 0 Å². The van der Waals surface area contributed by atoms with Gasteiger partial charge in [-0.15, -0.1) is 0 Å². The maximum atomic E-state index is 13.3. The molecule has 150 valence electrons. The van der Waals surface area contributed by atoms with Gasteiger partial charge in [-0.3, -0.25) is 10.2 Å². The quantitative estimate of drug-likeness (QED) is 0.732. The van der Waals surface area contributed by atoms with Crippen LogP contribution >= 0.6 is 0 Å². The summed E-state index contributed by atoms with van der Waals surface area (Å²) in [7, 11) is 2.15. The smallest absolute Gasteiger partial charge is 0.241 e. The molecule has 0 saturated carbocycles. The predicted octanol–water partition coefficient (Wildman–Crippen LogP) is 1.37. The number of carbonyl (C=O) groups is 1. The molecular formula is C21H30N6O. The SMILES string of the molecule is Cc1cccc2[nH]c(C3CCCN(C(=O)C4NNC5CCN(C)CC54)C3)nc12. The Morgan fingerprint density at radius 3 is 2.93 bits per heavy atom. The standard InChI is InChI=1S/C21H30N6O/c1-13-5-3-7-17-18(13)23-20(22-17)14-6-4-9-27(11-14)21(28)19-15-12-26(2)10-8-16(15)24-25-19/h3,5,7,14-16,19,24-25H,4,6,8-12H2,1-2H3,(H,22,23). The number of aromatic amines is 1. The molecule has 7 nitrogen and oxygen atoms in total. The number of para-hydroxylation sites is 1. The van der Waals surface area contributed by atoms with E-state index in [1.165, 1.54) is 5.56 Å². The summed E-state index contributed by atoms with van der Waals surface area (Å²) in [4.78, 5) is 26.1. The highest BCUT2D eigenvalue weighted by atomic mass is 16.2. The van der Waals surface area contributed by atoms with Crippen molar-refractivity contribution in [1.82, 2.24) is 30.6 Å². The van der Waals surface area contributed by atoms with E-state index in [1.807, 2.05) is 0 Å². The Kier molecular flexibility index (Phi) is 4.61. The first-order valence-corrected chi connectivity index (χ1v) is 10.5. The lowest BCUT2D eigenvalue weighted by Crippen LogP contribution is -2.52. The summed E-state index contributed by atoms with van der Waals surface area (Å²) in [5.74, 6) is 1.89. The van der Waals surface area contributed by atoms with Crippen LogP contribution in [0.25, 0.3) is 11.0 Å². The van der Waals surface area contributed by atoms with E-state index in [1.54, 1.807) is 0 Å². The van der Waals surface area contributed by atoms with Crippen LogP contribution in [0.1, 0.15) is 36.6 Å². The molecule has 5 rings (SSSR count). The monoisotopic (exact) mass is 382 g/mol. The zero-order valence-electron chi connectivity index (χ0n) is 16.7. The van der Waals surface area contributed by atoms with Crippen molar-refractivity contribution >= 4 is 16.9 Å². The lowest BCUT2D eigenvalue weighted by molar-refractivity contribution is -0.135. The maximum Gasteiger partial charge on any atom is 0.241 e. The third-order valence-corrected chi connectivity index (χ3v) is 6.83. The lowest BCUT2D eigenvalue weighted by atomic mass is 9.87. The number of hydrogen-bond donors (Lipinski definition) is 3. The van der Waals surface area contributed by atoms with Gasteiger partial charge in [0.1, 0.15) is 11.9 Å². The Bertz CT molecular complexity index is 879. The van der Waals surface area contributed by atoms with Gasteiger partial charge in [0.15, 0.2) is 0 Å². The molecular weight excluding hydrogens is 352 g/mol. The highest BCUT2D eigenvalue weighted by Gasteiger charge is 2.44. The van der Waals surface area contributed by atoms with Gasteiger partial charge in [0.05, 0.1) is 11.0 Å². The predicted molar refractivity (Wildman–Crippen MR) is 109 cm³/mol. The molecule has 3 aliphatic rings. The summed E-state index contributed by atoms with van der Waals surface area (Å²) in [5, 5.41) is 0. The van der Waals surface area contributed by atoms with Crippen molar-refractivity contribution < 1.29 is 4.79 Å². The third kappa shape index (κ3) is 3.11. The van der Waals surface area contributed by atoms with Gasteiger partial charge in [-0.25, -0.2) is 10.4 Å². The van der Waals surface area contributed by atoms with E-state index < -0.39 is 0 Å². The molecule has 0 bridgehead atoms. The number of nitrogens with zero attached hydrogens (tertiary/aromatic N) is 3. The summed E-state index contributed by atoms with van der Waals surface area (Å²) in [6, 6.07) is 6.53. The molecule has 4 atom stereocenters. The first-order chi connectivity index (χ1) is 13.6. The average Bonchev–Trinajstić information content (AvgIpc) is 3.32. The van der Waals surface area contributed by atoms with Crippen molar-refractivity contribution in [1.29, 1.82) is 0 Å². The Morgan fingerprint density at radius 1 is 1.18 bits per heavy atom. The summed E-state index contributed by atoms with van der Waals surface area (Å²) in [6.07, 6.45) is 3.20. The number of rotatable bonds is 2. The Morgan fingerprint density at radius 2 is 2.07 bits per heavy atom. The average molecular weight is 383 g/mol. The first kappa shape index (κ1) is 18.1. The number of fused-ring (bicyclic) bond motifs is 2. The van der Waals surface area contributed by atoms with Crippen molar-refractivity contribution in [2.24, 2.45) is 5.92 Å². The summed E-state index contributed by atoms with van der Waals surface area (Å²) >= 11 is 0. The summed E-state index contributed by atoms with van der Waals surface area (Å²) in [6.45, 7) is 5.76. The molecule has 28 heavy (non-hydrogen) atoms. The third-order valence-electron chi connectivity index (χ3n) is 6.83. The number of likely N-dealkylation sites (tertiary alicyclic amines) is 2. The summed E-state index contributed by atoms with van der Waals surface area (Å²) < 4.78 is 0. The van der Waals surface area contributed by atoms with Gasteiger partial charge in [-0.05, 0) is 51.4 Å². The normalized spacial score (nSPS) is 31.3. The number of carbonyl (C=O) groups excluding carboxylic acids is 1. The minimum atomic E-state index is -0.121. The van der Waals surface area contributed by atoms with Crippen LogP contribution in [0, 0.1) is 12.8 Å². The molecule has 3 fully saturated rings. The van der Waals surface area contributed by atoms with Crippen molar-refractivity contribution in [2.75, 3.05) is 33.2 Å². The van der Waals surface area contributed by atoms with E-state index in [0.29, 0.717) is 12.0 Å². The van der Waals surface area contributed by atoms with Crippen LogP contribution in [0.15, 0.2) is 18.2 Å². The highest BCUT2D eigenvalue weighted by Crippen LogP contribution is 2.30. The van der Waals surface area contributed by atoms with Gasteiger partial charge in [0, 0.05) is 37.5 Å². The molecule has 3 aliphatic heterocycles. The van der Waals surface area contributed by atoms with Gasteiger partial charge < -0.3 is 14.8 Å². The van der Waals surface area contributed by atoms with E-state index in [2.05, 4.69) is 57.8 Å². The number of imidazole rings is 1. The molecule has 0 spiro atoms. The fourth-order valence-electron chi connectivity index (χ4n) is 5.20. The van der Waals surface area contributed by atoms with E-state index in [0.717, 1.165) is 62.3 Å². The molecule has 2 aromatic rings. The number of hydrogen-bond acceptors (Lipinski definition) is 5. The maximum absolute atomic E-state index is 13.3.